The summed E-state index contributed by atoms with van der Waals surface area (Å²) >= 11 is 1.68. The van der Waals surface area contributed by atoms with Crippen LogP contribution in [0.15, 0.2) is 63.8 Å². The van der Waals surface area contributed by atoms with Gasteiger partial charge in [0.05, 0.1) is 10.6 Å². The van der Waals surface area contributed by atoms with Gasteiger partial charge in [0.1, 0.15) is 5.58 Å². The quantitative estimate of drug-likeness (QED) is 0.401. The molecule has 4 nitrogen and oxygen atoms in total. The van der Waals surface area contributed by atoms with Crippen molar-refractivity contribution < 1.29 is 4.42 Å². The molecule has 0 saturated carbocycles. The molecule has 146 valence electrons. The summed E-state index contributed by atoms with van der Waals surface area (Å²) in [6, 6.07) is 17.8. The number of hydrogen-bond acceptors (Lipinski definition) is 5. The Kier molecular flexibility index (Phi) is 4.68. The van der Waals surface area contributed by atoms with Gasteiger partial charge in [-0.2, -0.15) is 0 Å². The fraction of sp³-hybridized carbons (Fsp3) is 0.250. The highest BCUT2D eigenvalue weighted by molar-refractivity contribution is 7.19. The molecule has 0 bridgehead atoms. The SMILES string of the molecule is Cc1ccc2oc(=O)cc(-c3sc(N4CCCCC4)nc3-c3ccccc3)c2c1. The zero-order chi connectivity index (χ0) is 19.8. The number of thiazole rings is 1. The minimum absolute atomic E-state index is 0.330. The van der Waals surface area contributed by atoms with Crippen LogP contribution >= 0.6 is 11.3 Å². The van der Waals surface area contributed by atoms with Crippen LogP contribution in [0.3, 0.4) is 0 Å². The molecule has 5 heteroatoms. The van der Waals surface area contributed by atoms with Crippen molar-refractivity contribution in [1.29, 1.82) is 0 Å². The molecule has 4 aromatic rings. The second-order valence-electron chi connectivity index (χ2n) is 7.57. The number of anilines is 1. The molecular weight excluding hydrogens is 380 g/mol. The third-order valence-corrected chi connectivity index (χ3v) is 6.58. The fourth-order valence-electron chi connectivity index (χ4n) is 3.97. The van der Waals surface area contributed by atoms with E-state index < -0.39 is 0 Å². The maximum absolute atomic E-state index is 12.3. The third-order valence-electron chi connectivity index (χ3n) is 5.43. The summed E-state index contributed by atoms with van der Waals surface area (Å²) in [6.45, 7) is 4.13. The number of piperidine rings is 1. The zero-order valence-electron chi connectivity index (χ0n) is 16.4. The first-order chi connectivity index (χ1) is 14.2. The Hall–Kier alpha value is -2.92. The Morgan fingerprint density at radius 2 is 1.79 bits per heavy atom. The van der Waals surface area contributed by atoms with Gasteiger partial charge in [0.25, 0.3) is 0 Å². The summed E-state index contributed by atoms with van der Waals surface area (Å²) in [5.41, 5.74) is 4.32. The summed E-state index contributed by atoms with van der Waals surface area (Å²) in [5.74, 6) is 0. The van der Waals surface area contributed by atoms with Crippen molar-refractivity contribution in [3.05, 3.63) is 70.6 Å². The molecule has 0 amide bonds. The lowest BCUT2D eigenvalue weighted by atomic mass is 10.0. The molecule has 1 fully saturated rings. The van der Waals surface area contributed by atoms with Crippen molar-refractivity contribution in [1.82, 2.24) is 4.98 Å². The standard InChI is InChI=1S/C24H22N2O2S/c1-16-10-11-20-18(14-16)19(15-21(27)28-20)23-22(17-8-4-2-5-9-17)25-24(29-23)26-12-6-3-7-13-26/h2,4-5,8-11,14-15H,3,6-7,12-13H2,1H3. The molecule has 0 spiro atoms. The third kappa shape index (κ3) is 3.47. The summed E-state index contributed by atoms with van der Waals surface area (Å²) in [4.78, 5) is 20.8. The minimum atomic E-state index is -0.330. The van der Waals surface area contributed by atoms with E-state index in [1.54, 1.807) is 17.4 Å². The highest BCUT2D eigenvalue weighted by Crippen LogP contribution is 2.43. The Balaban J connectivity index is 1.76. The van der Waals surface area contributed by atoms with E-state index in [-0.39, 0.29) is 5.63 Å². The maximum Gasteiger partial charge on any atom is 0.336 e. The van der Waals surface area contributed by atoms with Crippen LogP contribution in [0, 0.1) is 6.92 Å². The summed E-state index contributed by atoms with van der Waals surface area (Å²) in [5, 5.41) is 1.99. The van der Waals surface area contributed by atoms with Crippen molar-refractivity contribution in [3.8, 4) is 21.7 Å². The fourth-order valence-corrected chi connectivity index (χ4v) is 5.14. The number of hydrogen-bond donors (Lipinski definition) is 0. The van der Waals surface area contributed by atoms with E-state index in [0.29, 0.717) is 5.58 Å². The van der Waals surface area contributed by atoms with E-state index in [1.165, 1.54) is 19.3 Å². The molecule has 2 aromatic heterocycles. The van der Waals surface area contributed by atoms with E-state index in [2.05, 4.69) is 30.0 Å². The average molecular weight is 403 g/mol. The highest BCUT2D eigenvalue weighted by Gasteiger charge is 2.22. The van der Waals surface area contributed by atoms with Gasteiger partial charge in [-0.3, -0.25) is 0 Å². The van der Waals surface area contributed by atoms with Gasteiger partial charge in [-0.25, -0.2) is 9.78 Å². The molecule has 0 radical (unpaired) electrons. The molecule has 2 aromatic carbocycles. The van der Waals surface area contributed by atoms with Crippen LogP contribution in [0.4, 0.5) is 5.13 Å². The van der Waals surface area contributed by atoms with Crippen molar-refractivity contribution in [2.75, 3.05) is 18.0 Å². The van der Waals surface area contributed by atoms with E-state index in [1.807, 2.05) is 30.3 Å². The summed E-state index contributed by atoms with van der Waals surface area (Å²) < 4.78 is 5.47. The molecular formula is C24H22N2O2S. The van der Waals surface area contributed by atoms with Crippen LogP contribution in [-0.4, -0.2) is 18.1 Å². The van der Waals surface area contributed by atoms with Crippen molar-refractivity contribution in [2.24, 2.45) is 0 Å². The first-order valence-corrected chi connectivity index (χ1v) is 10.9. The largest absolute Gasteiger partial charge is 0.423 e. The molecule has 0 N–H and O–H groups in total. The highest BCUT2D eigenvalue weighted by atomic mass is 32.1. The number of aromatic nitrogens is 1. The van der Waals surface area contributed by atoms with Crippen LogP contribution in [0.2, 0.25) is 0 Å². The van der Waals surface area contributed by atoms with Crippen LogP contribution in [-0.2, 0) is 0 Å². The van der Waals surface area contributed by atoms with Gasteiger partial charge < -0.3 is 9.32 Å². The van der Waals surface area contributed by atoms with Gasteiger partial charge in [-0.05, 0) is 38.3 Å². The normalized spacial score (nSPS) is 14.4. The summed E-state index contributed by atoms with van der Waals surface area (Å²) in [6.07, 6.45) is 3.68. The Bertz CT molecular complexity index is 1220. The summed E-state index contributed by atoms with van der Waals surface area (Å²) in [7, 11) is 0. The average Bonchev–Trinajstić information content (AvgIpc) is 3.20. The van der Waals surface area contributed by atoms with Gasteiger partial charge in [0.2, 0.25) is 0 Å². The van der Waals surface area contributed by atoms with Crippen LogP contribution in [0.1, 0.15) is 24.8 Å². The first-order valence-electron chi connectivity index (χ1n) is 10.0. The van der Waals surface area contributed by atoms with Crippen molar-refractivity contribution >= 4 is 27.4 Å². The topological polar surface area (TPSA) is 46.3 Å². The molecule has 1 aliphatic heterocycles. The molecule has 0 aliphatic carbocycles. The van der Waals surface area contributed by atoms with E-state index in [0.717, 1.165) is 50.9 Å². The molecule has 3 heterocycles. The predicted molar refractivity (Wildman–Crippen MR) is 120 cm³/mol. The lowest BCUT2D eigenvalue weighted by molar-refractivity contribution is 0.561. The lowest BCUT2D eigenvalue weighted by Gasteiger charge is -2.25. The zero-order valence-corrected chi connectivity index (χ0v) is 17.2. The van der Waals surface area contributed by atoms with Crippen molar-refractivity contribution in [2.45, 2.75) is 26.2 Å². The Morgan fingerprint density at radius 1 is 1.00 bits per heavy atom. The number of nitrogens with zero attached hydrogens (tertiary/aromatic N) is 2. The number of aryl methyl sites for hydroxylation is 1. The minimum Gasteiger partial charge on any atom is -0.423 e. The molecule has 1 saturated heterocycles. The Morgan fingerprint density at radius 3 is 2.59 bits per heavy atom. The van der Waals surface area contributed by atoms with Crippen LogP contribution in [0.5, 0.6) is 0 Å². The van der Waals surface area contributed by atoms with Crippen LogP contribution in [0.25, 0.3) is 32.7 Å². The second kappa shape index (κ2) is 7.48. The van der Waals surface area contributed by atoms with E-state index in [9.17, 15) is 4.79 Å². The number of benzene rings is 2. The number of fused-ring (bicyclic) bond motifs is 1. The van der Waals surface area contributed by atoms with Gasteiger partial charge >= 0.3 is 5.63 Å². The van der Waals surface area contributed by atoms with Crippen LogP contribution < -0.4 is 10.5 Å². The van der Waals surface area contributed by atoms with Crippen molar-refractivity contribution in [3.63, 3.8) is 0 Å². The smallest absolute Gasteiger partial charge is 0.336 e. The molecule has 0 atom stereocenters. The number of rotatable bonds is 3. The second-order valence-corrected chi connectivity index (χ2v) is 8.54. The first kappa shape index (κ1) is 18.1. The monoisotopic (exact) mass is 402 g/mol. The molecule has 5 rings (SSSR count). The molecule has 29 heavy (non-hydrogen) atoms. The maximum atomic E-state index is 12.3. The van der Waals surface area contributed by atoms with Gasteiger partial charge in [0.15, 0.2) is 5.13 Å². The van der Waals surface area contributed by atoms with Gasteiger partial charge in [0, 0.05) is 35.7 Å². The Labute approximate surface area is 173 Å². The predicted octanol–water partition coefficient (Wildman–Crippen LogP) is 5.88. The van der Waals surface area contributed by atoms with E-state index >= 15 is 0 Å². The van der Waals surface area contributed by atoms with Gasteiger partial charge in [-0.15, -0.1) is 0 Å². The molecule has 0 unspecified atom stereocenters. The van der Waals surface area contributed by atoms with Gasteiger partial charge in [-0.1, -0.05) is 53.3 Å². The van der Waals surface area contributed by atoms with E-state index in [4.69, 9.17) is 9.40 Å². The molecule has 1 aliphatic rings. The lowest BCUT2D eigenvalue weighted by Crippen LogP contribution is -2.29.